The molecular weight excluding hydrogens is 564 g/mol. The lowest BCUT2D eigenvalue weighted by Crippen LogP contribution is -2.42. The zero-order valence-electron chi connectivity index (χ0n) is 26.6. The van der Waals surface area contributed by atoms with Gasteiger partial charge in [-0.15, -0.1) is 0 Å². The van der Waals surface area contributed by atoms with Crippen LogP contribution in [0.2, 0.25) is 0 Å². The number of rotatable bonds is 13. The van der Waals surface area contributed by atoms with Crippen molar-refractivity contribution < 1.29 is 9.53 Å². The van der Waals surface area contributed by atoms with Crippen LogP contribution in [0, 0.1) is 0 Å². The van der Waals surface area contributed by atoms with Gasteiger partial charge in [-0.25, -0.2) is 0 Å². The number of likely N-dealkylation sites (tertiary alicyclic amines) is 1. The number of hydrogen-bond donors (Lipinski definition) is 1. The van der Waals surface area contributed by atoms with Crippen LogP contribution in [0.25, 0.3) is 0 Å². The summed E-state index contributed by atoms with van der Waals surface area (Å²) in [5, 5.41) is 3.34. The van der Waals surface area contributed by atoms with E-state index in [1.807, 2.05) is 54.6 Å². The third-order valence-corrected chi connectivity index (χ3v) is 9.48. The van der Waals surface area contributed by atoms with Gasteiger partial charge in [0, 0.05) is 17.5 Å². The Morgan fingerprint density at radius 1 is 0.717 bits per heavy atom. The van der Waals surface area contributed by atoms with E-state index in [9.17, 15) is 4.79 Å². The minimum Gasteiger partial charge on any atom is -0.489 e. The Labute approximate surface area is 274 Å². The van der Waals surface area contributed by atoms with E-state index in [-0.39, 0.29) is 11.3 Å². The summed E-state index contributed by atoms with van der Waals surface area (Å²) < 4.78 is 6.02. The standard InChI is InChI=1S/C42H44N2O2/c45-41(37-19-13-24-40(31-37)46-32-34-15-5-1-6-16-34)43-33-42(38-20-9-3-10-21-38,39-22-11-4-12-23-39)27-14-28-44-29-25-36(26-30-44)35-17-7-2-8-18-35/h1-13,15-24,31,36H,14,25-30,32-33H2,(H,43,45). The molecule has 0 atom stereocenters. The minimum atomic E-state index is -0.359. The van der Waals surface area contributed by atoms with E-state index in [4.69, 9.17) is 4.74 Å². The summed E-state index contributed by atoms with van der Waals surface area (Å²) in [6.07, 6.45) is 4.38. The van der Waals surface area contributed by atoms with E-state index in [1.54, 1.807) is 0 Å². The quantitative estimate of drug-likeness (QED) is 0.145. The molecule has 0 saturated carbocycles. The van der Waals surface area contributed by atoms with Crippen LogP contribution in [0.15, 0.2) is 146 Å². The number of ether oxygens (including phenoxy) is 1. The van der Waals surface area contributed by atoms with Gasteiger partial charge in [0.1, 0.15) is 12.4 Å². The summed E-state index contributed by atoms with van der Waals surface area (Å²) in [5.74, 6) is 1.25. The maximum atomic E-state index is 13.7. The van der Waals surface area contributed by atoms with Crippen LogP contribution >= 0.6 is 0 Å². The van der Waals surface area contributed by atoms with Crippen LogP contribution in [0.1, 0.15) is 64.2 Å². The molecule has 6 rings (SSSR count). The van der Waals surface area contributed by atoms with Crippen LogP contribution in [-0.2, 0) is 12.0 Å². The second-order valence-corrected chi connectivity index (χ2v) is 12.4. The van der Waals surface area contributed by atoms with Gasteiger partial charge in [0.05, 0.1) is 0 Å². The number of nitrogens with one attached hydrogen (secondary N) is 1. The van der Waals surface area contributed by atoms with Gasteiger partial charge in [0.25, 0.3) is 5.91 Å². The molecule has 0 bridgehead atoms. The Hall–Kier alpha value is -4.67. The highest BCUT2D eigenvalue weighted by Gasteiger charge is 2.35. The molecule has 0 aliphatic carbocycles. The highest BCUT2D eigenvalue weighted by atomic mass is 16.5. The third-order valence-electron chi connectivity index (χ3n) is 9.48. The van der Waals surface area contributed by atoms with Crippen LogP contribution in [0.3, 0.4) is 0 Å². The van der Waals surface area contributed by atoms with Crippen molar-refractivity contribution in [1.82, 2.24) is 10.2 Å². The number of hydrogen-bond acceptors (Lipinski definition) is 3. The summed E-state index contributed by atoms with van der Waals surface area (Å²) in [7, 11) is 0. The fourth-order valence-electron chi connectivity index (χ4n) is 6.88. The Morgan fingerprint density at radius 2 is 1.30 bits per heavy atom. The second-order valence-electron chi connectivity index (χ2n) is 12.4. The van der Waals surface area contributed by atoms with Gasteiger partial charge in [-0.2, -0.15) is 0 Å². The highest BCUT2D eigenvalue weighted by molar-refractivity contribution is 5.94. The molecule has 46 heavy (non-hydrogen) atoms. The predicted octanol–water partition coefficient (Wildman–Crippen LogP) is 8.64. The molecule has 0 unspecified atom stereocenters. The molecule has 1 amide bonds. The molecule has 1 aliphatic heterocycles. The molecular formula is C42H44N2O2. The lowest BCUT2D eigenvalue weighted by atomic mass is 9.71. The van der Waals surface area contributed by atoms with Crippen molar-refractivity contribution in [2.45, 2.75) is 43.6 Å². The molecule has 234 valence electrons. The van der Waals surface area contributed by atoms with Crippen molar-refractivity contribution in [3.63, 3.8) is 0 Å². The van der Waals surface area contributed by atoms with Crippen LogP contribution in [0.4, 0.5) is 0 Å². The number of piperidine rings is 1. The first-order valence-corrected chi connectivity index (χ1v) is 16.6. The Morgan fingerprint density at radius 3 is 1.93 bits per heavy atom. The van der Waals surface area contributed by atoms with Crippen LogP contribution in [0.5, 0.6) is 5.75 Å². The normalized spacial score (nSPS) is 14.1. The number of carbonyl (C=O) groups excluding carboxylic acids is 1. The van der Waals surface area contributed by atoms with Crippen molar-refractivity contribution in [3.05, 3.63) is 173 Å². The monoisotopic (exact) mass is 608 g/mol. The SMILES string of the molecule is O=C(NCC(CCCN1CCC(c2ccccc2)CC1)(c1ccccc1)c1ccccc1)c1cccc(OCc2ccccc2)c1. The number of carbonyl (C=O) groups is 1. The maximum Gasteiger partial charge on any atom is 0.251 e. The highest BCUT2D eigenvalue weighted by Crippen LogP contribution is 2.37. The third kappa shape index (κ3) is 7.94. The molecule has 5 aromatic carbocycles. The minimum absolute atomic E-state index is 0.0932. The van der Waals surface area contributed by atoms with E-state index in [2.05, 4.69) is 101 Å². The maximum absolute atomic E-state index is 13.7. The van der Waals surface area contributed by atoms with Crippen molar-refractivity contribution in [1.29, 1.82) is 0 Å². The zero-order valence-corrected chi connectivity index (χ0v) is 26.6. The molecule has 5 aromatic rings. The second kappa shape index (κ2) is 15.6. The number of benzene rings is 5. The van der Waals surface area contributed by atoms with Gasteiger partial charge >= 0.3 is 0 Å². The van der Waals surface area contributed by atoms with Crippen LogP contribution in [-0.4, -0.2) is 37.0 Å². The van der Waals surface area contributed by atoms with Gasteiger partial charge in [-0.05, 0) is 91.7 Å². The van der Waals surface area contributed by atoms with E-state index in [0.29, 0.717) is 30.4 Å². The molecule has 1 heterocycles. The molecule has 0 aromatic heterocycles. The molecule has 0 spiro atoms. The van der Waals surface area contributed by atoms with Gasteiger partial charge in [0.2, 0.25) is 0 Å². The summed E-state index contributed by atoms with van der Waals surface area (Å²) in [4.78, 5) is 16.3. The fraction of sp³-hybridized carbons (Fsp3) is 0.262. The zero-order chi connectivity index (χ0) is 31.4. The van der Waals surface area contributed by atoms with Crippen molar-refractivity contribution >= 4 is 5.91 Å². The topological polar surface area (TPSA) is 41.6 Å². The van der Waals surface area contributed by atoms with Gasteiger partial charge < -0.3 is 15.0 Å². The molecule has 0 radical (unpaired) electrons. The van der Waals surface area contributed by atoms with E-state index >= 15 is 0 Å². The lowest BCUT2D eigenvalue weighted by molar-refractivity contribution is 0.0944. The van der Waals surface area contributed by atoms with Gasteiger partial charge in [-0.3, -0.25) is 4.79 Å². The average molecular weight is 609 g/mol. The van der Waals surface area contributed by atoms with E-state index in [0.717, 1.165) is 38.0 Å². The lowest BCUT2D eigenvalue weighted by Gasteiger charge is -2.37. The summed E-state index contributed by atoms with van der Waals surface area (Å²) >= 11 is 0. The first-order valence-electron chi connectivity index (χ1n) is 16.6. The number of amides is 1. The molecule has 4 nitrogen and oxygen atoms in total. The Balaban J connectivity index is 1.15. The van der Waals surface area contributed by atoms with Crippen LogP contribution < -0.4 is 10.1 Å². The Kier molecular flexibility index (Phi) is 10.6. The van der Waals surface area contributed by atoms with E-state index < -0.39 is 0 Å². The molecule has 1 saturated heterocycles. The first-order chi connectivity index (χ1) is 22.7. The molecule has 4 heteroatoms. The summed E-state index contributed by atoms with van der Waals surface area (Å²) in [6, 6.07) is 49.9. The first kappa shape index (κ1) is 31.3. The number of nitrogens with zero attached hydrogens (tertiary/aromatic N) is 1. The largest absolute Gasteiger partial charge is 0.489 e. The predicted molar refractivity (Wildman–Crippen MR) is 187 cm³/mol. The fourth-order valence-corrected chi connectivity index (χ4v) is 6.88. The van der Waals surface area contributed by atoms with Crippen molar-refractivity contribution in [3.8, 4) is 5.75 Å². The average Bonchev–Trinajstić information content (AvgIpc) is 3.14. The summed E-state index contributed by atoms with van der Waals surface area (Å²) in [5.41, 5.74) is 5.25. The summed E-state index contributed by atoms with van der Waals surface area (Å²) in [6.45, 7) is 4.27. The van der Waals surface area contributed by atoms with Gasteiger partial charge in [-0.1, -0.05) is 127 Å². The van der Waals surface area contributed by atoms with E-state index in [1.165, 1.54) is 29.5 Å². The Bertz CT molecular complexity index is 1590. The molecule has 1 fully saturated rings. The van der Waals surface area contributed by atoms with Crippen molar-refractivity contribution in [2.24, 2.45) is 0 Å². The molecule has 1 N–H and O–H groups in total. The molecule has 1 aliphatic rings. The smallest absolute Gasteiger partial charge is 0.251 e. The van der Waals surface area contributed by atoms with Gasteiger partial charge in [0.15, 0.2) is 0 Å². The van der Waals surface area contributed by atoms with Crippen molar-refractivity contribution in [2.75, 3.05) is 26.2 Å².